The summed E-state index contributed by atoms with van der Waals surface area (Å²) in [5.41, 5.74) is 6.61. The van der Waals surface area contributed by atoms with Crippen molar-refractivity contribution in [1.29, 1.82) is 0 Å². The number of rotatable bonds is 5. The maximum Gasteiger partial charge on any atom is 0.241 e. The van der Waals surface area contributed by atoms with Gasteiger partial charge in [-0.3, -0.25) is 9.52 Å². The van der Waals surface area contributed by atoms with E-state index in [2.05, 4.69) is 10.0 Å². The summed E-state index contributed by atoms with van der Waals surface area (Å²) in [6.07, 6.45) is 1.06. The van der Waals surface area contributed by atoms with Gasteiger partial charge in [-0.15, -0.1) is 12.4 Å². The molecule has 0 radical (unpaired) electrons. The molecule has 0 aliphatic heterocycles. The van der Waals surface area contributed by atoms with E-state index in [0.29, 0.717) is 11.4 Å². The number of halogens is 1. The van der Waals surface area contributed by atoms with Crippen molar-refractivity contribution >= 4 is 39.7 Å². The molecule has 0 spiro atoms. The Balaban J connectivity index is 0.00000361. The second-order valence-electron chi connectivity index (χ2n) is 4.71. The topological polar surface area (TPSA) is 101 Å². The summed E-state index contributed by atoms with van der Waals surface area (Å²) in [6.45, 7) is 3.71. The lowest BCUT2D eigenvalue weighted by Gasteiger charge is -2.15. The van der Waals surface area contributed by atoms with Crippen LogP contribution in [-0.4, -0.2) is 26.6 Å². The third kappa shape index (κ3) is 6.23. The van der Waals surface area contributed by atoms with Crippen LogP contribution in [0.25, 0.3) is 0 Å². The van der Waals surface area contributed by atoms with Gasteiger partial charge in [0.1, 0.15) is 0 Å². The van der Waals surface area contributed by atoms with E-state index in [9.17, 15) is 13.2 Å². The number of anilines is 2. The third-order valence-corrected chi connectivity index (χ3v) is 3.06. The Kier molecular flexibility index (Phi) is 6.98. The molecule has 4 N–H and O–H groups in total. The van der Waals surface area contributed by atoms with Crippen molar-refractivity contribution in [3.05, 3.63) is 24.3 Å². The molecule has 0 aliphatic carbocycles. The lowest BCUT2D eigenvalue weighted by molar-refractivity contribution is -0.118. The SMILES string of the molecule is CC(C)[C@@H](N)C(=O)Nc1cccc(NS(C)(=O)=O)c1.Cl. The number of sulfonamides is 1. The first-order chi connectivity index (χ1) is 8.69. The molecule has 6 nitrogen and oxygen atoms in total. The lowest BCUT2D eigenvalue weighted by Crippen LogP contribution is -2.39. The molecule has 0 aliphatic rings. The number of nitrogens with two attached hydrogens (primary N) is 1. The van der Waals surface area contributed by atoms with Crippen LogP contribution in [-0.2, 0) is 14.8 Å². The number of benzene rings is 1. The summed E-state index contributed by atoms with van der Waals surface area (Å²) in [5, 5.41) is 2.65. The Morgan fingerprint density at radius 3 is 2.30 bits per heavy atom. The van der Waals surface area contributed by atoms with Crippen LogP contribution in [0.1, 0.15) is 13.8 Å². The Morgan fingerprint density at radius 2 is 1.80 bits per heavy atom. The molecule has 1 atom stereocenters. The normalized spacial score (nSPS) is 12.4. The Labute approximate surface area is 125 Å². The fraction of sp³-hybridized carbons (Fsp3) is 0.417. The number of carbonyl (C=O) groups excluding carboxylic acids is 1. The maximum atomic E-state index is 11.8. The van der Waals surface area contributed by atoms with Crippen molar-refractivity contribution in [2.75, 3.05) is 16.3 Å². The largest absolute Gasteiger partial charge is 0.325 e. The second-order valence-corrected chi connectivity index (χ2v) is 6.46. The quantitative estimate of drug-likeness (QED) is 0.763. The van der Waals surface area contributed by atoms with Crippen LogP contribution in [0.3, 0.4) is 0 Å². The molecular formula is C12H20ClN3O3S. The molecule has 0 unspecified atom stereocenters. The first kappa shape index (κ1) is 18.7. The van der Waals surface area contributed by atoms with E-state index >= 15 is 0 Å². The van der Waals surface area contributed by atoms with E-state index in [1.54, 1.807) is 18.2 Å². The van der Waals surface area contributed by atoms with Gasteiger partial charge in [-0.1, -0.05) is 19.9 Å². The highest BCUT2D eigenvalue weighted by Crippen LogP contribution is 2.16. The van der Waals surface area contributed by atoms with Gasteiger partial charge in [0.25, 0.3) is 0 Å². The van der Waals surface area contributed by atoms with Crippen molar-refractivity contribution < 1.29 is 13.2 Å². The van der Waals surface area contributed by atoms with E-state index in [1.807, 2.05) is 13.8 Å². The average Bonchev–Trinajstić information content (AvgIpc) is 2.25. The number of hydrogen-bond acceptors (Lipinski definition) is 4. The van der Waals surface area contributed by atoms with E-state index in [-0.39, 0.29) is 24.2 Å². The van der Waals surface area contributed by atoms with Crippen LogP contribution in [0.15, 0.2) is 24.3 Å². The zero-order valence-corrected chi connectivity index (χ0v) is 13.2. The first-order valence-corrected chi connectivity index (χ1v) is 7.72. The number of carbonyl (C=O) groups is 1. The highest BCUT2D eigenvalue weighted by Gasteiger charge is 2.17. The average molecular weight is 322 g/mol. The van der Waals surface area contributed by atoms with Gasteiger partial charge in [0, 0.05) is 5.69 Å². The zero-order valence-electron chi connectivity index (χ0n) is 11.6. The molecule has 0 fully saturated rings. The van der Waals surface area contributed by atoms with Gasteiger partial charge in [0.05, 0.1) is 18.0 Å². The van der Waals surface area contributed by atoms with Crippen molar-refractivity contribution in [2.45, 2.75) is 19.9 Å². The minimum absolute atomic E-state index is 0. The Hall–Kier alpha value is -1.31. The van der Waals surface area contributed by atoms with Gasteiger partial charge in [0.2, 0.25) is 15.9 Å². The summed E-state index contributed by atoms with van der Waals surface area (Å²) in [6, 6.07) is 5.83. The first-order valence-electron chi connectivity index (χ1n) is 5.83. The molecule has 20 heavy (non-hydrogen) atoms. The molecule has 1 aromatic rings. The summed E-state index contributed by atoms with van der Waals surface area (Å²) < 4.78 is 24.6. The summed E-state index contributed by atoms with van der Waals surface area (Å²) in [7, 11) is -3.34. The van der Waals surface area contributed by atoms with Crippen molar-refractivity contribution in [2.24, 2.45) is 11.7 Å². The summed E-state index contributed by atoms with van der Waals surface area (Å²) in [4.78, 5) is 11.8. The smallest absolute Gasteiger partial charge is 0.241 e. The number of hydrogen-bond donors (Lipinski definition) is 3. The zero-order chi connectivity index (χ0) is 14.6. The molecule has 0 aromatic heterocycles. The van der Waals surface area contributed by atoms with Crippen molar-refractivity contribution in [1.82, 2.24) is 0 Å². The van der Waals surface area contributed by atoms with Gasteiger partial charge < -0.3 is 11.1 Å². The van der Waals surface area contributed by atoms with E-state index in [1.165, 1.54) is 6.07 Å². The minimum Gasteiger partial charge on any atom is -0.325 e. The fourth-order valence-electron chi connectivity index (χ4n) is 1.40. The highest BCUT2D eigenvalue weighted by molar-refractivity contribution is 7.92. The maximum absolute atomic E-state index is 11.8. The minimum atomic E-state index is -3.34. The van der Waals surface area contributed by atoms with E-state index in [4.69, 9.17) is 5.73 Å². The molecule has 1 aromatic carbocycles. The van der Waals surface area contributed by atoms with Crippen molar-refractivity contribution in [3.8, 4) is 0 Å². The molecule has 1 rings (SSSR count). The summed E-state index contributed by atoms with van der Waals surface area (Å²) in [5.74, 6) is -0.274. The molecular weight excluding hydrogens is 302 g/mol. The highest BCUT2D eigenvalue weighted by atomic mass is 35.5. The Morgan fingerprint density at radius 1 is 1.25 bits per heavy atom. The predicted octanol–water partition coefficient (Wildman–Crippen LogP) is 1.40. The fourth-order valence-corrected chi connectivity index (χ4v) is 1.96. The van der Waals surface area contributed by atoms with E-state index < -0.39 is 16.1 Å². The van der Waals surface area contributed by atoms with Gasteiger partial charge in [-0.25, -0.2) is 8.42 Å². The monoisotopic (exact) mass is 321 g/mol. The molecule has 114 valence electrons. The van der Waals surface area contributed by atoms with Gasteiger partial charge >= 0.3 is 0 Å². The van der Waals surface area contributed by atoms with E-state index in [0.717, 1.165) is 6.26 Å². The van der Waals surface area contributed by atoms with Crippen LogP contribution < -0.4 is 15.8 Å². The molecule has 0 saturated carbocycles. The molecule has 1 amide bonds. The molecule has 0 heterocycles. The third-order valence-electron chi connectivity index (χ3n) is 2.45. The van der Waals surface area contributed by atoms with Crippen LogP contribution in [0.5, 0.6) is 0 Å². The predicted molar refractivity (Wildman–Crippen MR) is 83.6 cm³/mol. The van der Waals surface area contributed by atoms with Crippen LogP contribution >= 0.6 is 12.4 Å². The Bertz CT molecular complexity index is 561. The molecule has 8 heteroatoms. The van der Waals surface area contributed by atoms with Crippen LogP contribution in [0.2, 0.25) is 0 Å². The lowest BCUT2D eigenvalue weighted by atomic mass is 10.0. The van der Waals surface area contributed by atoms with Crippen LogP contribution in [0, 0.1) is 5.92 Å². The van der Waals surface area contributed by atoms with Gasteiger partial charge in [0.15, 0.2) is 0 Å². The van der Waals surface area contributed by atoms with Gasteiger partial charge in [-0.2, -0.15) is 0 Å². The summed E-state index contributed by atoms with van der Waals surface area (Å²) >= 11 is 0. The van der Waals surface area contributed by atoms with Crippen LogP contribution in [0.4, 0.5) is 11.4 Å². The van der Waals surface area contributed by atoms with Crippen molar-refractivity contribution in [3.63, 3.8) is 0 Å². The molecule has 0 bridgehead atoms. The number of nitrogens with one attached hydrogen (secondary N) is 2. The molecule has 0 saturated heterocycles. The standard InChI is InChI=1S/C12H19N3O3S.ClH/c1-8(2)11(13)12(16)14-9-5-4-6-10(7-9)15-19(3,17)18;/h4-8,11,15H,13H2,1-3H3,(H,14,16);1H/t11-;/m1./s1. The number of amides is 1. The van der Waals surface area contributed by atoms with Gasteiger partial charge in [-0.05, 0) is 24.1 Å². The second kappa shape index (κ2) is 7.47.